The summed E-state index contributed by atoms with van der Waals surface area (Å²) >= 11 is 5.65. The molecule has 1 aromatic carbocycles. The number of hydrogen-bond acceptors (Lipinski definition) is 6. The van der Waals surface area contributed by atoms with Crippen molar-refractivity contribution in [1.82, 2.24) is 15.5 Å². The van der Waals surface area contributed by atoms with Crippen molar-refractivity contribution in [2.45, 2.75) is 6.42 Å². The molecule has 1 aromatic heterocycles. The number of hydrogen-bond donors (Lipinski definition) is 1. The molecule has 0 aliphatic rings. The van der Waals surface area contributed by atoms with Gasteiger partial charge in [-0.1, -0.05) is 23.7 Å². The SMILES string of the molecule is CN(CC(=O)OCC(=O)NCCc1ccc(F)cc1)c1ccc(Cl)nn1. The molecule has 0 unspecified atom stereocenters. The molecule has 0 radical (unpaired) electrons. The zero-order valence-electron chi connectivity index (χ0n) is 14.1. The van der Waals surface area contributed by atoms with Crippen LogP contribution in [0.15, 0.2) is 36.4 Å². The molecule has 0 spiro atoms. The monoisotopic (exact) mass is 380 g/mol. The van der Waals surface area contributed by atoms with Crippen molar-refractivity contribution in [2.75, 3.05) is 31.6 Å². The molecule has 0 aliphatic carbocycles. The molecule has 0 aliphatic heterocycles. The Hall–Kier alpha value is -2.74. The van der Waals surface area contributed by atoms with Crippen molar-refractivity contribution in [3.63, 3.8) is 0 Å². The first-order valence-electron chi connectivity index (χ1n) is 7.81. The van der Waals surface area contributed by atoms with Gasteiger partial charge in [-0.3, -0.25) is 9.59 Å². The van der Waals surface area contributed by atoms with Crippen LogP contribution in [0.3, 0.4) is 0 Å². The van der Waals surface area contributed by atoms with Crippen molar-refractivity contribution in [1.29, 1.82) is 0 Å². The van der Waals surface area contributed by atoms with E-state index < -0.39 is 11.9 Å². The van der Waals surface area contributed by atoms with Gasteiger partial charge in [-0.25, -0.2) is 4.39 Å². The summed E-state index contributed by atoms with van der Waals surface area (Å²) in [5.74, 6) is -0.832. The van der Waals surface area contributed by atoms with Crippen LogP contribution in [-0.2, 0) is 20.7 Å². The van der Waals surface area contributed by atoms with Gasteiger partial charge in [0.25, 0.3) is 5.91 Å². The van der Waals surface area contributed by atoms with E-state index in [9.17, 15) is 14.0 Å². The van der Waals surface area contributed by atoms with Crippen LogP contribution in [0.5, 0.6) is 0 Å². The molecule has 0 saturated carbocycles. The zero-order chi connectivity index (χ0) is 18.9. The highest BCUT2D eigenvalue weighted by atomic mass is 35.5. The van der Waals surface area contributed by atoms with Gasteiger partial charge in [-0.2, -0.15) is 0 Å². The summed E-state index contributed by atoms with van der Waals surface area (Å²) in [6.07, 6.45) is 0.554. The third-order valence-electron chi connectivity index (χ3n) is 3.39. The number of nitrogens with one attached hydrogen (secondary N) is 1. The van der Waals surface area contributed by atoms with Gasteiger partial charge in [-0.05, 0) is 36.2 Å². The zero-order valence-corrected chi connectivity index (χ0v) is 14.9. The number of carbonyl (C=O) groups is 2. The predicted molar refractivity (Wildman–Crippen MR) is 94.4 cm³/mol. The van der Waals surface area contributed by atoms with Crippen LogP contribution in [0.4, 0.5) is 10.2 Å². The molecule has 1 N–H and O–H groups in total. The first-order chi connectivity index (χ1) is 12.4. The Morgan fingerprint density at radius 1 is 1.19 bits per heavy atom. The van der Waals surface area contributed by atoms with E-state index in [4.69, 9.17) is 16.3 Å². The molecular formula is C17H18ClFN4O3. The van der Waals surface area contributed by atoms with Crippen molar-refractivity contribution in [2.24, 2.45) is 0 Å². The van der Waals surface area contributed by atoms with Crippen LogP contribution in [-0.4, -0.2) is 48.8 Å². The molecule has 138 valence electrons. The molecule has 9 heteroatoms. The van der Waals surface area contributed by atoms with Crippen LogP contribution in [0.1, 0.15) is 5.56 Å². The lowest BCUT2D eigenvalue weighted by atomic mass is 10.1. The van der Waals surface area contributed by atoms with E-state index in [1.807, 2.05) is 0 Å². The number of amides is 1. The van der Waals surface area contributed by atoms with E-state index in [1.54, 1.807) is 31.3 Å². The van der Waals surface area contributed by atoms with E-state index >= 15 is 0 Å². The molecular weight excluding hydrogens is 363 g/mol. The molecule has 7 nitrogen and oxygen atoms in total. The molecule has 2 aromatic rings. The molecule has 2 rings (SSSR count). The molecule has 1 amide bonds. The van der Waals surface area contributed by atoms with Gasteiger partial charge in [0, 0.05) is 13.6 Å². The van der Waals surface area contributed by atoms with E-state index in [2.05, 4.69) is 15.5 Å². The average Bonchev–Trinajstić information content (AvgIpc) is 2.62. The normalized spacial score (nSPS) is 10.3. The first-order valence-corrected chi connectivity index (χ1v) is 8.19. The molecule has 0 saturated heterocycles. The lowest BCUT2D eigenvalue weighted by Crippen LogP contribution is -2.33. The summed E-state index contributed by atoms with van der Waals surface area (Å²) < 4.78 is 17.7. The first kappa shape index (κ1) is 19.6. The fraction of sp³-hybridized carbons (Fsp3) is 0.294. The van der Waals surface area contributed by atoms with Crippen LogP contribution in [0.25, 0.3) is 0 Å². The van der Waals surface area contributed by atoms with E-state index in [0.29, 0.717) is 18.8 Å². The topological polar surface area (TPSA) is 84.4 Å². The van der Waals surface area contributed by atoms with Gasteiger partial charge < -0.3 is 15.0 Å². The van der Waals surface area contributed by atoms with Crippen LogP contribution < -0.4 is 10.2 Å². The summed E-state index contributed by atoms with van der Waals surface area (Å²) in [4.78, 5) is 25.0. The van der Waals surface area contributed by atoms with Crippen LogP contribution in [0, 0.1) is 5.82 Å². The van der Waals surface area contributed by atoms with E-state index in [-0.39, 0.29) is 24.1 Å². The van der Waals surface area contributed by atoms with Gasteiger partial charge in [0.1, 0.15) is 12.4 Å². The Balaban J connectivity index is 1.65. The Morgan fingerprint density at radius 2 is 1.92 bits per heavy atom. The lowest BCUT2D eigenvalue weighted by molar-refractivity contribution is -0.147. The van der Waals surface area contributed by atoms with Crippen molar-refractivity contribution < 1.29 is 18.7 Å². The van der Waals surface area contributed by atoms with Gasteiger partial charge in [0.15, 0.2) is 17.6 Å². The summed E-state index contributed by atoms with van der Waals surface area (Å²) in [5, 5.41) is 10.4. The van der Waals surface area contributed by atoms with Gasteiger partial charge >= 0.3 is 5.97 Å². The molecule has 26 heavy (non-hydrogen) atoms. The number of aromatic nitrogens is 2. The maximum Gasteiger partial charge on any atom is 0.326 e. The molecule has 1 heterocycles. The Bertz CT molecular complexity index is 741. The third-order valence-corrected chi connectivity index (χ3v) is 3.59. The standard InChI is InChI=1S/C17H18ClFN4O3/c1-23(15-7-6-14(18)21-22-15)10-17(25)26-11-16(24)20-9-8-12-2-4-13(19)5-3-12/h2-7H,8-11H2,1H3,(H,20,24). The summed E-state index contributed by atoms with van der Waals surface area (Å²) in [7, 11) is 1.64. The number of rotatable bonds is 8. The number of ether oxygens (including phenoxy) is 1. The fourth-order valence-electron chi connectivity index (χ4n) is 2.03. The Morgan fingerprint density at radius 3 is 2.58 bits per heavy atom. The quantitative estimate of drug-likeness (QED) is 0.700. The largest absolute Gasteiger partial charge is 0.454 e. The number of halogens is 2. The maximum atomic E-state index is 12.8. The lowest BCUT2D eigenvalue weighted by Gasteiger charge is -2.16. The summed E-state index contributed by atoms with van der Waals surface area (Å²) in [5.41, 5.74) is 0.898. The summed E-state index contributed by atoms with van der Waals surface area (Å²) in [6, 6.07) is 9.19. The maximum absolute atomic E-state index is 12.8. The molecule has 0 fully saturated rings. The van der Waals surface area contributed by atoms with Crippen molar-refractivity contribution in [3.8, 4) is 0 Å². The van der Waals surface area contributed by atoms with E-state index in [0.717, 1.165) is 5.56 Å². The number of benzene rings is 1. The number of nitrogens with zero attached hydrogens (tertiary/aromatic N) is 3. The van der Waals surface area contributed by atoms with Crippen LogP contribution >= 0.6 is 11.6 Å². The molecule has 0 bridgehead atoms. The highest BCUT2D eigenvalue weighted by Gasteiger charge is 2.12. The van der Waals surface area contributed by atoms with E-state index in [1.165, 1.54) is 17.0 Å². The highest BCUT2D eigenvalue weighted by molar-refractivity contribution is 6.29. The minimum Gasteiger partial charge on any atom is -0.454 e. The Kier molecular flexibility index (Phi) is 7.28. The van der Waals surface area contributed by atoms with Crippen molar-refractivity contribution >= 4 is 29.3 Å². The predicted octanol–water partition coefficient (Wildman–Crippen LogP) is 1.61. The second-order valence-electron chi connectivity index (χ2n) is 5.46. The number of anilines is 1. The minimum atomic E-state index is -0.571. The average molecular weight is 381 g/mol. The van der Waals surface area contributed by atoms with Crippen molar-refractivity contribution in [3.05, 3.63) is 52.9 Å². The van der Waals surface area contributed by atoms with Gasteiger partial charge in [0.2, 0.25) is 0 Å². The highest BCUT2D eigenvalue weighted by Crippen LogP contribution is 2.09. The second kappa shape index (κ2) is 9.67. The van der Waals surface area contributed by atoms with Gasteiger partial charge in [0.05, 0.1) is 0 Å². The number of carbonyl (C=O) groups excluding carboxylic acids is 2. The smallest absolute Gasteiger partial charge is 0.326 e. The fourth-order valence-corrected chi connectivity index (χ4v) is 2.13. The summed E-state index contributed by atoms with van der Waals surface area (Å²) in [6.45, 7) is -0.0934. The number of esters is 1. The second-order valence-corrected chi connectivity index (χ2v) is 5.84. The van der Waals surface area contributed by atoms with Crippen LogP contribution in [0.2, 0.25) is 5.15 Å². The minimum absolute atomic E-state index is 0.0842. The number of likely N-dealkylation sites (N-methyl/N-ethyl adjacent to an activating group) is 1. The Labute approximate surface area is 155 Å². The van der Waals surface area contributed by atoms with Gasteiger partial charge in [-0.15, -0.1) is 10.2 Å². The molecule has 0 atom stereocenters. The third kappa shape index (κ3) is 6.64.